The van der Waals surface area contributed by atoms with Gasteiger partial charge in [-0.15, -0.1) is 0 Å². The molecule has 1 N–H and O–H groups in total. The lowest BCUT2D eigenvalue weighted by Crippen LogP contribution is -2.27. The second-order valence-corrected chi connectivity index (χ2v) is 7.08. The molecule has 2 heterocycles. The number of ether oxygens (including phenoxy) is 1. The predicted octanol–water partition coefficient (Wildman–Crippen LogP) is 2.38. The Morgan fingerprint density at radius 3 is 2.64 bits per heavy atom. The van der Waals surface area contributed by atoms with Gasteiger partial charge in [0.2, 0.25) is 0 Å². The smallest absolute Gasteiger partial charge is 0.329 e. The van der Waals surface area contributed by atoms with Crippen molar-refractivity contribution in [2.45, 2.75) is 26.1 Å². The lowest BCUT2D eigenvalue weighted by Gasteiger charge is -2.08. The van der Waals surface area contributed by atoms with Crippen molar-refractivity contribution in [3.63, 3.8) is 0 Å². The van der Waals surface area contributed by atoms with Crippen LogP contribution in [0.2, 0.25) is 0 Å². The van der Waals surface area contributed by atoms with Crippen LogP contribution in [0, 0.1) is 5.82 Å². The van der Waals surface area contributed by atoms with Gasteiger partial charge < -0.3 is 10.1 Å². The van der Waals surface area contributed by atoms with E-state index in [1.54, 1.807) is 28.4 Å². The first-order valence-corrected chi connectivity index (χ1v) is 9.34. The first kappa shape index (κ1) is 18.4. The highest BCUT2D eigenvalue weighted by Crippen LogP contribution is 2.19. The van der Waals surface area contributed by atoms with Gasteiger partial charge in [-0.25, -0.2) is 9.18 Å². The van der Waals surface area contributed by atoms with E-state index in [1.807, 2.05) is 18.2 Å². The molecule has 1 aliphatic rings. The standard InChI is InChI=1S/C21H23FN4O2/c1-14-12-23-20(24-14)16-5-8-18-19(11-16)26(21(27)25(18)9-10-28-2)13-15-3-6-17(22)7-4-15/h3-8,11,14H,9-10,12-13H2,1-2H3,(H,23,24). The van der Waals surface area contributed by atoms with Crippen molar-refractivity contribution < 1.29 is 9.13 Å². The maximum absolute atomic E-state index is 13.3. The van der Waals surface area contributed by atoms with Gasteiger partial charge in [-0.3, -0.25) is 14.1 Å². The van der Waals surface area contributed by atoms with Crippen molar-refractivity contribution in [1.29, 1.82) is 0 Å². The van der Waals surface area contributed by atoms with E-state index in [1.165, 1.54) is 12.1 Å². The topological polar surface area (TPSA) is 60.5 Å². The molecule has 2 aromatic carbocycles. The Balaban J connectivity index is 1.81. The number of aromatic nitrogens is 2. The molecule has 0 saturated carbocycles. The maximum Gasteiger partial charge on any atom is 0.329 e. The van der Waals surface area contributed by atoms with E-state index in [4.69, 9.17) is 4.74 Å². The van der Waals surface area contributed by atoms with E-state index < -0.39 is 0 Å². The van der Waals surface area contributed by atoms with Crippen molar-refractivity contribution in [2.75, 3.05) is 20.3 Å². The third-order valence-corrected chi connectivity index (χ3v) is 4.97. The summed E-state index contributed by atoms with van der Waals surface area (Å²) in [4.78, 5) is 17.6. The summed E-state index contributed by atoms with van der Waals surface area (Å²) in [6.07, 6.45) is 0. The van der Waals surface area contributed by atoms with E-state index in [9.17, 15) is 9.18 Å². The van der Waals surface area contributed by atoms with Gasteiger partial charge >= 0.3 is 5.69 Å². The highest BCUT2D eigenvalue weighted by molar-refractivity contribution is 6.02. The monoisotopic (exact) mass is 382 g/mol. The van der Waals surface area contributed by atoms with Crippen molar-refractivity contribution in [3.05, 3.63) is 69.9 Å². The maximum atomic E-state index is 13.3. The molecule has 146 valence electrons. The van der Waals surface area contributed by atoms with Crippen LogP contribution in [0.4, 0.5) is 4.39 Å². The zero-order valence-electron chi connectivity index (χ0n) is 16.0. The summed E-state index contributed by atoms with van der Waals surface area (Å²) in [7, 11) is 1.62. The molecule has 1 atom stereocenters. The molecule has 4 rings (SSSR count). The molecule has 1 aromatic heterocycles. The Bertz CT molecular complexity index is 1080. The summed E-state index contributed by atoms with van der Waals surface area (Å²) in [6, 6.07) is 12.5. The van der Waals surface area contributed by atoms with Crippen LogP contribution < -0.4 is 11.0 Å². The fraction of sp³-hybridized carbons (Fsp3) is 0.333. The van der Waals surface area contributed by atoms with Crippen molar-refractivity contribution in [2.24, 2.45) is 4.99 Å². The lowest BCUT2D eigenvalue weighted by atomic mass is 10.1. The molecule has 7 heteroatoms. The van der Waals surface area contributed by atoms with Gasteiger partial charge in [-0.2, -0.15) is 0 Å². The minimum atomic E-state index is -0.291. The molecule has 1 unspecified atom stereocenters. The fourth-order valence-electron chi connectivity index (χ4n) is 3.52. The predicted molar refractivity (Wildman–Crippen MR) is 108 cm³/mol. The van der Waals surface area contributed by atoms with Crippen molar-refractivity contribution in [3.8, 4) is 0 Å². The molecular weight excluding hydrogens is 359 g/mol. The Morgan fingerprint density at radius 2 is 1.96 bits per heavy atom. The molecule has 0 bridgehead atoms. The van der Waals surface area contributed by atoms with Crippen LogP contribution in [0.5, 0.6) is 0 Å². The SMILES string of the molecule is COCCn1c(=O)n(Cc2ccc(F)cc2)c2cc(C3=NCC(C)N3)ccc21. The second-order valence-electron chi connectivity index (χ2n) is 7.08. The van der Waals surface area contributed by atoms with Crippen molar-refractivity contribution >= 4 is 16.9 Å². The number of halogens is 1. The Kier molecular flexibility index (Phi) is 5.00. The second kappa shape index (κ2) is 7.59. The van der Waals surface area contributed by atoms with Crippen LogP contribution >= 0.6 is 0 Å². The number of benzene rings is 2. The largest absolute Gasteiger partial charge is 0.383 e. The first-order chi connectivity index (χ1) is 13.6. The molecule has 1 aliphatic heterocycles. The molecule has 0 amide bonds. The number of imidazole rings is 1. The van der Waals surface area contributed by atoms with Gasteiger partial charge in [0.05, 0.1) is 37.3 Å². The van der Waals surface area contributed by atoms with Crippen LogP contribution in [0.1, 0.15) is 18.1 Å². The summed E-state index contributed by atoms with van der Waals surface area (Å²) in [5.74, 6) is 0.556. The fourth-order valence-corrected chi connectivity index (χ4v) is 3.52. The summed E-state index contributed by atoms with van der Waals surface area (Å²) in [6.45, 7) is 4.11. The highest BCUT2D eigenvalue weighted by Gasteiger charge is 2.18. The Labute approximate surface area is 162 Å². The number of nitrogens with zero attached hydrogens (tertiary/aromatic N) is 3. The molecule has 6 nitrogen and oxygen atoms in total. The van der Waals surface area contributed by atoms with Gasteiger partial charge in [0.1, 0.15) is 11.7 Å². The van der Waals surface area contributed by atoms with E-state index in [2.05, 4.69) is 17.2 Å². The van der Waals surface area contributed by atoms with Crippen molar-refractivity contribution in [1.82, 2.24) is 14.5 Å². The number of nitrogens with one attached hydrogen (secondary N) is 1. The van der Waals surface area contributed by atoms with Crippen LogP contribution in [0.25, 0.3) is 11.0 Å². The van der Waals surface area contributed by atoms with E-state index in [0.29, 0.717) is 25.7 Å². The molecule has 28 heavy (non-hydrogen) atoms. The average molecular weight is 382 g/mol. The minimum Gasteiger partial charge on any atom is -0.383 e. The number of aliphatic imine (C=N–C) groups is 1. The normalized spacial score (nSPS) is 16.4. The number of rotatable bonds is 6. The summed E-state index contributed by atoms with van der Waals surface area (Å²) in [5.41, 5.74) is 3.38. The van der Waals surface area contributed by atoms with Gasteiger partial charge in [0.25, 0.3) is 0 Å². The lowest BCUT2D eigenvalue weighted by molar-refractivity contribution is 0.187. The Morgan fingerprint density at radius 1 is 1.18 bits per heavy atom. The summed E-state index contributed by atoms with van der Waals surface area (Å²) < 4.78 is 21.9. The van der Waals surface area contributed by atoms with Gasteiger partial charge in [-0.05, 0) is 42.8 Å². The molecule has 3 aromatic rings. The summed E-state index contributed by atoms with van der Waals surface area (Å²) in [5, 5.41) is 3.36. The molecule has 0 aliphatic carbocycles. The van der Waals surface area contributed by atoms with E-state index in [-0.39, 0.29) is 11.5 Å². The number of amidine groups is 1. The third-order valence-electron chi connectivity index (χ3n) is 4.97. The van der Waals surface area contributed by atoms with Gasteiger partial charge in [-0.1, -0.05) is 12.1 Å². The van der Waals surface area contributed by atoms with Gasteiger partial charge in [0, 0.05) is 18.7 Å². The zero-order chi connectivity index (χ0) is 19.7. The molecular formula is C21H23FN4O2. The zero-order valence-corrected chi connectivity index (χ0v) is 16.0. The van der Waals surface area contributed by atoms with Crippen LogP contribution in [-0.2, 0) is 17.8 Å². The molecule has 0 saturated heterocycles. The summed E-state index contributed by atoms with van der Waals surface area (Å²) >= 11 is 0. The number of methoxy groups -OCH3 is 1. The van der Waals surface area contributed by atoms with Crippen LogP contribution in [-0.4, -0.2) is 41.3 Å². The van der Waals surface area contributed by atoms with E-state index in [0.717, 1.165) is 34.5 Å². The number of hydrogen-bond acceptors (Lipinski definition) is 4. The quantitative estimate of drug-likeness (QED) is 0.712. The molecule has 0 spiro atoms. The number of hydrogen-bond donors (Lipinski definition) is 1. The first-order valence-electron chi connectivity index (χ1n) is 9.34. The number of fused-ring (bicyclic) bond motifs is 1. The van der Waals surface area contributed by atoms with Crippen LogP contribution in [0.15, 0.2) is 52.3 Å². The highest BCUT2D eigenvalue weighted by atomic mass is 19.1. The minimum absolute atomic E-state index is 0.108. The Hall–Kier alpha value is -2.93. The van der Waals surface area contributed by atoms with Crippen LogP contribution in [0.3, 0.4) is 0 Å². The van der Waals surface area contributed by atoms with Gasteiger partial charge in [0.15, 0.2) is 0 Å². The third kappa shape index (κ3) is 3.45. The molecule has 0 fully saturated rings. The molecule has 0 radical (unpaired) electrons. The van der Waals surface area contributed by atoms with E-state index >= 15 is 0 Å². The average Bonchev–Trinajstić information content (AvgIpc) is 3.24.